The third kappa shape index (κ3) is 7.94. The van der Waals surface area contributed by atoms with Gasteiger partial charge in [-0.25, -0.2) is 0 Å². The van der Waals surface area contributed by atoms with E-state index in [1.54, 1.807) is 25.3 Å². The van der Waals surface area contributed by atoms with Gasteiger partial charge in [-0.15, -0.1) is 0 Å². The summed E-state index contributed by atoms with van der Waals surface area (Å²) in [6.07, 6.45) is 8.45. The van der Waals surface area contributed by atoms with E-state index in [0.717, 1.165) is 12.8 Å². The van der Waals surface area contributed by atoms with E-state index in [4.69, 9.17) is 17.0 Å². The van der Waals surface area contributed by atoms with Gasteiger partial charge in [0, 0.05) is 26.7 Å². The minimum Gasteiger partial charge on any atom is -0.385 e. The van der Waals surface area contributed by atoms with Crippen LogP contribution in [0.15, 0.2) is 24.3 Å². The van der Waals surface area contributed by atoms with Crippen molar-refractivity contribution >= 4 is 34.8 Å². The number of carbonyl (C=O) groups is 2. The predicted molar refractivity (Wildman–Crippen MR) is 115 cm³/mol. The molecule has 7 heteroatoms. The molecule has 0 aromatic heterocycles. The number of hydrogen-bond acceptors (Lipinski definition) is 4. The highest BCUT2D eigenvalue weighted by atomic mass is 32.1. The molecule has 154 valence electrons. The van der Waals surface area contributed by atoms with Crippen molar-refractivity contribution in [3.8, 4) is 0 Å². The summed E-state index contributed by atoms with van der Waals surface area (Å²) in [6, 6.07) is 7.10. The molecule has 1 fully saturated rings. The molecule has 0 atom stereocenters. The van der Waals surface area contributed by atoms with E-state index in [9.17, 15) is 9.59 Å². The monoisotopic (exact) mass is 405 g/mol. The van der Waals surface area contributed by atoms with Gasteiger partial charge < -0.3 is 20.7 Å². The quantitative estimate of drug-likeness (QED) is 0.432. The Balaban J connectivity index is 1.80. The Morgan fingerprint density at radius 1 is 1.18 bits per heavy atom. The van der Waals surface area contributed by atoms with E-state index < -0.39 is 0 Å². The molecular formula is C21H31N3O3S. The summed E-state index contributed by atoms with van der Waals surface area (Å²) in [5.41, 5.74) is 1.06. The van der Waals surface area contributed by atoms with Gasteiger partial charge in [0.05, 0.1) is 11.3 Å². The zero-order valence-electron chi connectivity index (χ0n) is 16.6. The second kappa shape index (κ2) is 12.5. The van der Waals surface area contributed by atoms with Crippen LogP contribution < -0.4 is 16.0 Å². The van der Waals surface area contributed by atoms with Crippen LogP contribution in [0.3, 0.4) is 0 Å². The van der Waals surface area contributed by atoms with E-state index in [0.29, 0.717) is 36.7 Å². The summed E-state index contributed by atoms with van der Waals surface area (Å²) in [7, 11) is 1.63. The summed E-state index contributed by atoms with van der Waals surface area (Å²) in [5, 5.41) is 8.77. The average molecular weight is 406 g/mol. The molecule has 1 aliphatic carbocycles. The summed E-state index contributed by atoms with van der Waals surface area (Å²) < 4.78 is 4.98. The molecule has 1 aromatic rings. The third-order valence-electron chi connectivity index (χ3n) is 4.99. The zero-order valence-corrected chi connectivity index (χ0v) is 17.4. The highest BCUT2D eigenvalue weighted by molar-refractivity contribution is 7.80. The van der Waals surface area contributed by atoms with E-state index in [2.05, 4.69) is 16.0 Å². The van der Waals surface area contributed by atoms with Crippen molar-refractivity contribution in [3.05, 3.63) is 29.8 Å². The van der Waals surface area contributed by atoms with Gasteiger partial charge in [-0.05, 0) is 43.1 Å². The minimum atomic E-state index is -0.189. The number of para-hydroxylation sites is 1. The second-order valence-electron chi connectivity index (χ2n) is 7.19. The molecule has 0 spiro atoms. The Morgan fingerprint density at radius 2 is 1.93 bits per heavy atom. The Hall–Kier alpha value is -1.99. The lowest BCUT2D eigenvalue weighted by Crippen LogP contribution is -2.35. The van der Waals surface area contributed by atoms with Crippen LogP contribution in [0.2, 0.25) is 0 Å². The first-order valence-corrected chi connectivity index (χ1v) is 10.5. The van der Waals surface area contributed by atoms with Crippen LogP contribution in [0.5, 0.6) is 0 Å². The van der Waals surface area contributed by atoms with Gasteiger partial charge in [0.2, 0.25) is 5.91 Å². The number of rotatable bonds is 9. The number of benzene rings is 1. The number of amides is 2. The van der Waals surface area contributed by atoms with Crippen molar-refractivity contribution in [1.29, 1.82) is 0 Å². The normalized spacial score (nSPS) is 14.3. The van der Waals surface area contributed by atoms with Gasteiger partial charge in [0.15, 0.2) is 5.11 Å². The first kappa shape index (κ1) is 22.3. The summed E-state index contributed by atoms with van der Waals surface area (Å²) in [5.74, 6) is 0.388. The average Bonchev–Trinajstić information content (AvgIpc) is 2.70. The van der Waals surface area contributed by atoms with Crippen molar-refractivity contribution in [2.75, 3.05) is 25.6 Å². The van der Waals surface area contributed by atoms with Crippen molar-refractivity contribution in [2.24, 2.45) is 5.92 Å². The van der Waals surface area contributed by atoms with Crippen LogP contribution in [0.1, 0.15) is 61.7 Å². The molecule has 28 heavy (non-hydrogen) atoms. The molecule has 0 radical (unpaired) electrons. The van der Waals surface area contributed by atoms with Gasteiger partial charge >= 0.3 is 0 Å². The molecule has 0 unspecified atom stereocenters. The number of hydrogen-bond donors (Lipinski definition) is 3. The first-order valence-electron chi connectivity index (χ1n) is 10.1. The highest BCUT2D eigenvalue weighted by Gasteiger charge is 2.16. The largest absolute Gasteiger partial charge is 0.385 e. The van der Waals surface area contributed by atoms with E-state index >= 15 is 0 Å². The van der Waals surface area contributed by atoms with Gasteiger partial charge in [0.1, 0.15) is 0 Å². The van der Waals surface area contributed by atoms with Crippen LogP contribution in [0, 0.1) is 5.92 Å². The summed E-state index contributed by atoms with van der Waals surface area (Å²) >= 11 is 5.26. The van der Waals surface area contributed by atoms with Crippen LogP contribution in [0.4, 0.5) is 5.69 Å². The molecule has 2 amide bonds. The van der Waals surface area contributed by atoms with E-state index in [1.165, 1.54) is 32.1 Å². The maximum Gasteiger partial charge on any atom is 0.253 e. The fourth-order valence-corrected chi connectivity index (χ4v) is 3.68. The number of carbonyl (C=O) groups excluding carboxylic acids is 2. The van der Waals surface area contributed by atoms with E-state index in [1.807, 2.05) is 6.07 Å². The number of thiocarbonyl (C=S) groups is 1. The predicted octanol–water partition coefficient (Wildman–Crippen LogP) is 3.63. The van der Waals surface area contributed by atoms with Crippen molar-refractivity contribution in [1.82, 2.24) is 10.6 Å². The Morgan fingerprint density at radius 3 is 2.68 bits per heavy atom. The molecule has 0 heterocycles. The zero-order chi connectivity index (χ0) is 20.2. The van der Waals surface area contributed by atoms with Crippen LogP contribution in [-0.4, -0.2) is 37.2 Å². The maximum atomic E-state index is 12.4. The minimum absolute atomic E-state index is 0.0791. The molecular weight excluding hydrogens is 374 g/mol. The Bertz CT molecular complexity index is 660. The molecule has 1 aliphatic rings. The molecule has 0 bridgehead atoms. The number of ether oxygens (including phenoxy) is 1. The molecule has 0 aliphatic heterocycles. The van der Waals surface area contributed by atoms with Gasteiger partial charge in [0.25, 0.3) is 5.91 Å². The molecule has 1 saturated carbocycles. The topological polar surface area (TPSA) is 79.5 Å². The second-order valence-corrected chi connectivity index (χ2v) is 7.60. The lowest BCUT2D eigenvalue weighted by molar-refractivity contribution is -0.120. The van der Waals surface area contributed by atoms with Gasteiger partial charge in [-0.3, -0.25) is 9.59 Å². The smallest absolute Gasteiger partial charge is 0.253 e. The van der Waals surface area contributed by atoms with E-state index in [-0.39, 0.29) is 16.9 Å². The number of anilines is 1. The lowest BCUT2D eigenvalue weighted by Gasteiger charge is -2.21. The fraction of sp³-hybridized carbons (Fsp3) is 0.571. The van der Waals surface area contributed by atoms with Crippen LogP contribution in [-0.2, 0) is 9.53 Å². The van der Waals surface area contributed by atoms with Crippen molar-refractivity contribution in [3.63, 3.8) is 0 Å². The maximum absolute atomic E-state index is 12.4. The summed E-state index contributed by atoms with van der Waals surface area (Å²) in [4.78, 5) is 24.6. The fourth-order valence-electron chi connectivity index (χ4n) is 3.46. The van der Waals surface area contributed by atoms with Gasteiger partial charge in [-0.2, -0.15) is 0 Å². The lowest BCUT2D eigenvalue weighted by atomic mass is 9.86. The number of methoxy groups -OCH3 is 1. The van der Waals surface area contributed by atoms with Crippen LogP contribution in [0.25, 0.3) is 0 Å². The van der Waals surface area contributed by atoms with Crippen molar-refractivity contribution < 1.29 is 14.3 Å². The summed E-state index contributed by atoms with van der Waals surface area (Å²) in [6.45, 7) is 1.13. The molecule has 3 N–H and O–H groups in total. The first-order chi connectivity index (χ1) is 13.6. The number of nitrogens with one attached hydrogen (secondary N) is 3. The SMILES string of the molecule is COCCCNC(=O)c1ccccc1NC(=S)NC(=O)CCC1CCCCC1. The standard InChI is InChI=1S/C21H31N3O3S/c1-27-15-7-14-22-20(26)17-10-5-6-11-18(17)23-21(28)24-19(25)13-12-16-8-3-2-4-9-16/h5-6,10-11,16H,2-4,7-9,12-15H2,1H3,(H,22,26)(H2,23,24,25,28). The molecule has 1 aromatic carbocycles. The van der Waals surface area contributed by atoms with Gasteiger partial charge in [-0.1, -0.05) is 44.2 Å². The van der Waals surface area contributed by atoms with Crippen molar-refractivity contribution in [2.45, 2.75) is 51.4 Å². The van der Waals surface area contributed by atoms with Crippen LogP contribution >= 0.6 is 12.2 Å². The molecule has 2 rings (SSSR count). The highest BCUT2D eigenvalue weighted by Crippen LogP contribution is 2.27. The Kier molecular flexibility index (Phi) is 9.93. The molecule has 6 nitrogen and oxygen atoms in total. The Labute approximate surface area is 172 Å². The molecule has 0 saturated heterocycles. The third-order valence-corrected chi connectivity index (χ3v) is 5.19.